The molecule has 2 rings (SSSR count). The van der Waals surface area contributed by atoms with Crippen LogP contribution in [0.15, 0.2) is 22.7 Å². The molecular formula is C16H22N4O3. The lowest BCUT2D eigenvalue weighted by molar-refractivity contribution is 0.213. The van der Waals surface area contributed by atoms with Crippen LogP contribution >= 0.6 is 0 Å². The molecule has 0 bridgehead atoms. The number of rotatable bonds is 6. The highest BCUT2D eigenvalue weighted by Crippen LogP contribution is 2.22. The first-order valence-electron chi connectivity index (χ1n) is 7.60. The molecule has 0 aliphatic heterocycles. The van der Waals surface area contributed by atoms with E-state index in [0.717, 1.165) is 11.3 Å². The SMILES string of the molecule is CCOc1ccc(NC(=O)N(C)Cc2nc(CC)no2)cc1C. The zero-order chi connectivity index (χ0) is 16.8. The molecule has 1 heterocycles. The average Bonchev–Trinajstić information content (AvgIpc) is 2.97. The Balaban J connectivity index is 1.96. The smallest absolute Gasteiger partial charge is 0.322 e. The van der Waals surface area contributed by atoms with E-state index in [1.165, 1.54) is 4.90 Å². The number of aromatic nitrogens is 2. The van der Waals surface area contributed by atoms with Crippen molar-refractivity contribution < 1.29 is 14.1 Å². The van der Waals surface area contributed by atoms with Gasteiger partial charge in [-0.1, -0.05) is 12.1 Å². The highest BCUT2D eigenvalue weighted by Gasteiger charge is 2.14. The first-order valence-corrected chi connectivity index (χ1v) is 7.60. The van der Waals surface area contributed by atoms with E-state index in [9.17, 15) is 4.79 Å². The van der Waals surface area contributed by atoms with Gasteiger partial charge in [-0.3, -0.25) is 0 Å². The quantitative estimate of drug-likeness (QED) is 0.885. The lowest BCUT2D eigenvalue weighted by Gasteiger charge is -2.16. The fourth-order valence-corrected chi connectivity index (χ4v) is 2.04. The predicted molar refractivity (Wildman–Crippen MR) is 86.5 cm³/mol. The molecule has 0 unspecified atom stereocenters. The van der Waals surface area contributed by atoms with Gasteiger partial charge in [0, 0.05) is 19.2 Å². The van der Waals surface area contributed by atoms with Crippen molar-refractivity contribution in [2.75, 3.05) is 19.0 Å². The molecule has 7 heteroatoms. The van der Waals surface area contributed by atoms with Gasteiger partial charge in [0.25, 0.3) is 0 Å². The number of carbonyl (C=O) groups excluding carboxylic acids is 1. The third-order valence-electron chi connectivity index (χ3n) is 3.27. The maximum Gasteiger partial charge on any atom is 0.322 e. The van der Waals surface area contributed by atoms with Gasteiger partial charge >= 0.3 is 6.03 Å². The van der Waals surface area contributed by atoms with Gasteiger partial charge in [0.05, 0.1) is 6.61 Å². The van der Waals surface area contributed by atoms with Crippen LogP contribution in [0.1, 0.15) is 31.1 Å². The Bertz CT molecular complexity index is 669. The standard InChI is InChI=1S/C16H22N4O3/c1-5-14-18-15(23-19-14)10-20(4)16(21)17-12-7-8-13(22-6-2)11(3)9-12/h7-9H,5-6,10H2,1-4H3,(H,17,21). The molecule has 124 valence electrons. The van der Waals surface area contributed by atoms with Gasteiger partial charge < -0.3 is 19.5 Å². The first kappa shape index (κ1) is 16.8. The second-order valence-corrected chi connectivity index (χ2v) is 5.16. The summed E-state index contributed by atoms with van der Waals surface area (Å²) >= 11 is 0. The fraction of sp³-hybridized carbons (Fsp3) is 0.438. The van der Waals surface area contributed by atoms with E-state index in [4.69, 9.17) is 9.26 Å². The van der Waals surface area contributed by atoms with Gasteiger partial charge in [-0.05, 0) is 37.6 Å². The largest absolute Gasteiger partial charge is 0.494 e. The molecule has 0 saturated carbocycles. The monoisotopic (exact) mass is 318 g/mol. The summed E-state index contributed by atoms with van der Waals surface area (Å²) < 4.78 is 10.6. The molecule has 1 N–H and O–H groups in total. The number of carbonyl (C=O) groups is 1. The molecule has 0 aliphatic carbocycles. The number of ether oxygens (including phenoxy) is 1. The van der Waals surface area contributed by atoms with Crippen molar-refractivity contribution in [1.82, 2.24) is 15.0 Å². The molecule has 0 saturated heterocycles. The summed E-state index contributed by atoms with van der Waals surface area (Å²) in [6.45, 7) is 6.69. The van der Waals surface area contributed by atoms with Crippen LogP contribution in [-0.2, 0) is 13.0 Å². The van der Waals surface area contributed by atoms with Gasteiger partial charge in [-0.25, -0.2) is 4.79 Å². The summed E-state index contributed by atoms with van der Waals surface area (Å²) in [6.07, 6.45) is 0.699. The number of aryl methyl sites for hydroxylation is 2. The van der Waals surface area contributed by atoms with Crippen molar-refractivity contribution in [2.24, 2.45) is 0 Å². The molecule has 1 aromatic heterocycles. The zero-order valence-corrected chi connectivity index (χ0v) is 13.9. The third kappa shape index (κ3) is 4.45. The van der Waals surface area contributed by atoms with Crippen molar-refractivity contribution >= 4 is 11.7 Å². The third-order valence-corrected chi connectivity index (χ3v) is 3.27. The fourth-order valence-electron chi connectivity index (χ4n) is 2.04. The number of hydrogen-bond acceptors (Lipinski definition) is 5. The Morgan fingerprint density at radius 2 is 2.17 bits per heavy atom. The highest BCUT2D eigenvalue weighted by molar-refractivity contribution is 5.89. The van der Waals surface area contributed by atoms with Gasteiger partial charge in [-0.2, -0.15) is 4.98 Å². The molecule has 0 aliphatic rings. The molecule has 0 radical (unpaired) electrons. The molecule has 0 atom stereocenters. The second kappa shape index (κ2) is 7.62. The summed E-state index contributed by atoms with van der Waals surface area (Å²) in [5.74, 6) is 1.87. The van der Waals surface area contributed by atoms with Gasteiger partial charge in [0.1, 0.15) is 12.3 Å². The maximum absolute atomic E-state index is 12.2. The molecule has 23 heavy (non-hydrogen) atoms. The summed E-state index contributed by atoms with van der Waals surface area (Å²) in [7, 11) is 1.67. The van der Waals surface area contributed by atoms with Crippen molar-refractivity contribution in [3.8, 4) is 5.75 Å². The van der Waals surface area contributed by atoms with Crippen LogP contribution in [0.25, 0.3) is 0 Å². The van der Waals surface area contributed by atoms with Crippen LogP contribution in [0.3, 0.4) is 0 Å². The second-order valence-electron chi connectivity index (χ2n) is 5.16. The van der Waals surface area contributed by atoms with E-state index in [-0.39, 0.29) is 12.6 Å². The van der Waals surface area contributed by atoms with Crippen LogP contribution in [0.5, 0.6) is 5.75 Å². The number of anilines is 1. The van der Waals surface area contributed by atoms with E-state index >= 15 is 0 Å². The highest BCUT2D eigenvalue weighted by atomic mass is 16.5. The Morgan fingerprint density at radius 3 is 2.78 bits per heavy atom. The minimum absolute atomic E-state index is 0.246. The number of hydrogen-bond donors (Lipinski definition) is 1. The molecule has 0 spiro atoms. The first-order chi connectivity index (χ1) is 11.0. The van der Waals surface area contributed by atoms with E-state index in [1.54, 1.807) is 7.05 Å². The van der Waals surface area contributed by atoms with E-state index in [2.05, 4.69) is 15.5 Å². The molecule has 7 nitrogen and oxygen atoms in total. The Kier molecular flexibility index (Phi) is 5.56. The average molecular weight is 318 g/mol. The van der Waals surface area contributed by atoms with Crippen molar-refractivity contribution in [3.05, 3.63) is 35.5 Å². The van der Waals surface area contributed by atoms with Crippen molar-refractivity contribution in [1.29, 1.82) is 0 Å². The summed E-state index contributed by atoms with van der Waals surface area (Å²) in [6, 6.07) is 5.29. The van der Waals surface area contributed by atoms with Crippen LogP contribution in [-0.4, -0.2) is 34.7 Å². The zero-order valence-electron chi connectivity index (χ0n) is 13.9. The molecule has 0 fully saturated rings. The van der Waals surface area contributed by atoms with E-state index < -0.39 is 0 Å². The lowest BCUT2D eigenvalue weighted by Crippen LogP contribution is -2.31. The number of amides is 2. The Labute approximate surface area is 135 Å². The summed E-state index contributed by atoms with van der Waals surface area (Å²) in [4.78, 5) is 17.9. The van der Waals surface area contributed by atoms with Crippen LogP contribution < -0.4 is 10.1 Å². The Morgan fingerprint density at radius 1 is 1.39 bits per heavy atom. The minimum atomic E-state index is -0.246. The van der Waals surface area contributed by atoms with Gasteiger partial charge in [0.2, 0.25) is 5.89 Å². The number of urea groups is 1. The van der Waals surface area contributed by atoms with Gasteiger partial charge in [-0.15, -0.1) is 0 Å². The van der Waals surface area contributed by atoms with Gasteiger partial charge in [0.15, 0.2) is 5.82 Å². The van der Waals surface area contributed by atoms with Crippen molar-refractivity contribution in [2.45, 2.75) is 33.7 Å². The summed E-state index contributed by atoms with van der Waals surface area (Å²) in [5, 5.41) is 6.65. The van der Waals surface area contributed by atoms with Crippen LogP contribution in [0, 0.1) is 6.92 Å². The maximum atomic E-state index is 12.2. The normalized spacial score (nSPS) is 10.4. The predicted octanol–water partition coefficient (Wildman–Crippen LogP) is 3.00. The number of nitrogens with one attached hydrogen (secondary N) is 1. The summed E-state index contributed by atoms with van der Waals surface area (Å²) in [5.41, 5.74) is 1.68. The minimum Gasteiger partial charge on any atom is -0.494 e. The lowest BCUT2D eigenvalue weighted by atomic mass is 10.2. The van der Waals surface area contributed by atoms with Crippen molar-refractivity contribution in [3.63, 3.8) is 0 Å². The molecule has 2 aromatic rings. The topological polar surface area (TPSA) is 80.5 Å². The van der Waals surface area contributed by atoms with E-state index in [0.29, 0.717) is 30.4 Å². The van der Waals surface area contributed by atoms with Crippen LogP contribution in [0.2, 0.25) is 0 Å². The van der Waals surface area contributed by atoms with E-state index in [1.807, 2.05) is 39.0 Å². The number of nitrogens with zero attached hydrogens (tertiary/aromatic N) is 3. The number of benzene rings is 1. The molecule has 1 aromatic carbocycles. The molecule has 2 amide bonds. The Hall–Kier alpha value is -2.57. The van der Waals surface area contributed by atoms with Crippen LogP contribution in [0.4, 0.5) is 10.5 Å². The molecular weight excluding hydrogens is 296 g/mol.